The number of carbonyl (C=O) groups excluding carboxylic acids is 1. The molecule has 104 valence electrons. The standard InChI is InChI=1S/C14H22N4O/c1-2-3-4-7-15-14(19)12-10-13(17-11-16-12)18-8-5-6-9-18/h10-11H,2-9H2,1H3,(H,15,19). The van der Waals surface area contributed by atoms with Crippen molar-refractivity contribution in [1.82, 2.24) is 15.3 Å². The fourth-order valence-electron chi connectivity index (χ4n) is 2.26. The van der Waals surface area contributed by atoms with Gasteiger partial charge in [-0.1, -0.05) is 19.8 Å². The monoisotopic (exact) mass is 262 g/mol. The Hall–Kier alpha value is -1.65. The van der Waals surface area contributed by atoms with E-state index in [1.165, 1.54) is 19.2 Å². The van der Waals surface area contributed by atoms with Gasteiger partial charge in [0.2, 0.25) is 0 Å². The van der Waals surface area contributed by atoms with Gasteiger partial charge in [-0.25, -0.2) is 9.97 Å². The maximum absolute atomic E-state index is 12.0. The predicted octanol–water partition coefficient (Wildman–Crippen LogP) is 2.00. The van der Waals surface area contributed by atoms with Crippen molar-refractivity contribution in [3.8, 4) is 0 Å². The van der Waals surface area contributed by atoms with Crippen LogP contribution in [0.5, 0.6) is 0 Å². The van der Waals surface area contributed by atoms with Gasteiger partial charge in [0.1, 0.15) is 17.8 Å². The van der Waals surface area contributed by atoms with Crippen LogP contribution in [0.4, 0.5) is 5.82 Å². The van der Waals surface area contributed by atoms with Crippen molar-refractivity contribution in [2.75, 3.05) is 24.5 Å². The third-order valence-electron chi connectivity index (χ3n) is 3.38. The molecule has 1 saturated heterocycles. The van der Waals surface area contributed by atoms with Gasteiger partial charge in [0, 0.05) is 25.7 Å². The third-order valence-corrected chi connectivity index (χ3v) is 3.38. The molecule has 1 N–H and O–H groups in total. The molecular formula is C14H22N4O. The molecule has 0 radical (unpaired) electrons. The van der Waals surface area contributed by atoms with Crippen LogP contribution < -0.4 is 10.2 Å². The summed E-state index contributed by atoms with van der Waals surface area (Å²) in [5.41, 5.74) is 0.466. The minimum absolute atomic E-state index is 0.0982. The summed E-state index contributed by atoms with van der Waals surface area (Å²) in [4.78, 5) is 22.5. The number of anilines is 1. The van der Waals surface area contributed by atoms with Crippen LogP contribution in [-0.4, -0.2) is 35.5 Å². The van der Waals surface area contributed by atoms with E-state index < -0.39 is 0 Å². The average Bonchev–Trinajstić information content (AvgIpc) is 2.98. The smallest absolute Gasteiger partial charge is 0.270 e. The average molecular weight is 262 g/mol. The topological polar surface area (TPSA) is 58.1 Å². The first-order valence-corrected chi connectivity index (χ1v) is 7.16. The molecule has 5 heteroatoms. The van der Waals surface area contributed by atoms with Crippen molar-refractivity contribution < 1.29 is 4.79 Å². The van der Waals surface area contributed by atoms with E-state index in [1.54, 1.807) is 6.07 Å². The minimum Gasteiger partial charge on any atom is -0.357 e. The molecule has 1 amide bonds. The molecule has 1 fully saturated rings. The fraction of sp³-hybridized carbons (Fsp3) is 0.643. The Kier molecular flexibility index (Phi) is 5.12. The molecule has 0 bridgehead atoms. The highest BCUT2D eigenvalue weighted by Gasteiger charge is 2.15. The summed E-state index contributed by atoms with van der Waals surface area (Å²) in [5, 5.41) is 2.90. The molecule has 2 rings (SSSR count). The number of aromatic nitrogens is 2. The summed E-state index contributed by atoms with van der Waals surface area (Å²) in [5.74, 6) is 0.769. The SMILES string of the molecule is CCCCCNC(=O)c1cc(N2CCCC2)ncn1. The lowest BCUT2D eigenvalue weighted by Crippen LogP contribution is -2.26. The molecule has 1 aromatic heterocycles. The van der Waals surface area contributed by atoms with E-state index in [0.717, 1.165) is 44.7 Å². The zero-order valence-corrected chi connectivity index (χ0v) is 11.6. The molecule has 1 aliphatic rings. The molecule has 0 saturated carbocycles. The van der Waals surface area contributed by atoms with E-state index in [1.807, 2.05) is 0 Å². The van der Waals surface area contributed by atoms with Crippen molar-refractivity contribution in [3.05, 3.63) is 18.1 Å². The number of carbonyl (C=O) groups is 1. The van der Waals surface area contributed by atoms with Crippen LogP contribution in [0.3, 0.4) is 0 Å². The van der Waals surface area contributed by atoms with Crippen LogP contribution in [0.2, 0.25) is 0 Å². The maximum atomic E-state index is 12.0. The first kappa shape index (κ1) is 13.8. The highest BCUT2D eigenvalue weighted by Crippen LogP contribution is 2.17. The highest BCUT2D eigenvalue weighted by molar-refractivity contribution is 5.92. The van der Waals surface area contributed by atoms with Crippen molar-refractivity contribution in [2.24, 2.45) is 0 Å². The Morgan fingerprint density at radius 3 is 2.84 bits per heavy atom. The highest BCUT2D eigenvalue weighted by atomic mass is 16.1. The Balaban J connectivity index is 1.92. The van der Waals surface area contributed by atoms with Crippen molar-refractivity contribution in [2.45, 2.75) is 39.0 Å². The van der Waals surface area contributed by atoms with Crippen LogP contribution in [0.1, 0.15) is 49.5 Å². The van der Waals surface area contributed by atoms with Crippen molar-refractivity contribution in [1.29, 1.82) is 0 Å². The normalized spacial score (nSPS) is 14.7. The van der Waals surface area contributed by atoms with E-state index in [2.05, 4.69) is 27.1 Å². The number of nitrogens with zero attached hydrogens (tertiary/aromatic N) is 3. The van der Waals surface area contributed by atoms with Crippen LogP contribution in [0, 0.1) is 0 Å². The zero-order chi connectivity index (χ0) is 13.5. The van der Waals surface area contributed by atoms with Gasteiger partial charge in [-0.05, 0) is 19.3 Å². The number of unbranched alkanes of at least 4 members (excludes halogenated alkanes) is 2. The van der Waals surface area contributed by atoms with Gasteiger partial charge >= 0.3 is 0 Å². The Morgan fingerprint density at radius 2 is 2.11 bits per heavy atom. The molecule has 0 atom stereocenters. The zero-order valence-electron chi connectivity index (χ0n) is 11.6. The molecule has 0 unspecified atom stereocenters. The van der Waals surface area contributed by atoms with Crippen molar-refractivity contribution in [3.63, 3.8) is 0 Å². The third kappa shape index (κ3) is 3.91. The quantitative estimate of drug-likeness (QED) is 0.797. The summed E-state index contributed by atoms with van der Waals surface area (Å²) in [6.45, 7) is 4.91. The number of hydrogen-bond donors (Lipinski definition) is 1. The first-order chi connectivity index (χ1) is 9.31. The van der Waals surface area contributed by atoms with E-state index in [9.17, 15) is 4.79 Å². The molecule has 5 nitrogen and oxygen atoms in total. The van der Waals surface area contributed by atoms with E-state index in [4.69, 9.17) is 0 Å². The second-order valence-electron chi connectivity index (χ2n) is 4.92. The molecule has 0 aliphatic carbocycles. The number of nitrogens with one attached hydrogen (secondary N) is 1. The molecule has 1 aromatic rings. The molecule has 0 aromatic carbocycles. The summed E-state index contributed by atoms with van der Waals surface area (Å²) < 4.78 is 0. The Morgan fingerprint density at radius 1 is 1.32 bits per heavy atom. The van der Waals surface area contributed by atoms with Gasteiger partial charge in [-0.3, -0.25) is 4.79 Å². The van der Waals surface area contributed by atoms with Gasteiger partial charge < -0.3 is 10.2 Å². The lowest BCUT2D eigenvalue weighted by Gasteiger charge is -2.16. The lowest BCUT2D eigenvalue weighted by atomic mass is 10.2. The molecular weight excluding hydrogens is 240 g/mol. The van der Waals surface area contributed by atoms with Crippen LogP contribution >= 0.6 is 0 Å². The second-order valence-corrected chi connectivity index (χ2v) is 4.92. The molecule has 2 heterocycles. The lowest BCUT2D eigenvalue weighted by molar-refractivity contribution is 0.0948. The minimum atomic E-state index is -0.0982. The van der Waals surface area contributed by atoms with Crippen LogP contribution in [0.15, 0.2) is 12.4 Å². The molecule has 1 aliphatic heterocycles. The van der Waals surface area contributed by atoms with E-state index >= 15 is 0 Å². The van der Waals surface area contributed by atoms with Gasteiger partial charge in [0.25, 0.3) is 5.91 Å². The van der Waals surface area contributed by atoms with Gasteiger partial charge in [-0.2, -0.15) is 0 Å². The Bertz CT molecular complexity index is 416. The predicted molar refractivity (Wildman–Crippen MR) is 75.3 cm³/mol. The largest absolute Gasteiger partial charge is 0.357 e. The van der Waals surface area contributed by atoms with E-state index in [-0.39, 0.29) is 5.91 Å². The summed E-state index contributed by atoms with van der Waals surface area (Å²) in [7, 11) is 0. The molecule has 19 heavy (non-hydrogen) atoms. The first-order valence-electron chi connectivity index (χ1n) is 7.16. The summed E-state index contributed by atoms with van der Waals surface area (Å²) in [6, 6.07) is 1.79. The fourth-order valence-corrected chi connectivity index (χ4v) is 2.26. The van der Waals surface area contributed by atoms with Crippen molar-refractivity contribution >= 4 is 11.7 Å². The maximum Gasteiger partial charge on any atom is 0.270 e. The van der Waals surface area contributed by atoms with Gasteiger partial charge in [0.15, 0.2) is 0 Å². The second kappa shape index (κ2) is 7.07. The van der Waals surface area contributed by atoms with Crippen LogP contribution in [0.25, 0.3) is 0 Å². The van der Waals surface area contributed by atoms with E-state index in [0.29, 0.717) is 5.69 Å². The van der Waals surface area contributed by atoms with Gasteiger partial charge in [-0.15, -0.1) is 0 Å². The molecule has 0 spiro atoms. The number of rotatable bonds is 6. The van der Waals surface area contributed by atoms with Gasteiger partial charge in [0.05, 0.1) is 0 Å². The summed E-state index contributed by atoms with van der Waals surface area (Å²) in [6.07, 6.45) is 7.19. The van der Waals surface area contributed by atoms with Crippen LogP contribution in [-0.2, 0) is 0 Å². The summed E-state index contributed by atoms with van der Waals surface area (Å²) >= 11 is 0. The number of amides is 1. The Labute approximate surface area is 114 Å². The number of hydrogen-bond acceptors (Lipinski definition) is 4.